The van der Waals surface area contributed by atoms with Crippen LogP contribution in [0.4, 0.5) is 0 Å². The van der Waals surface area contributed by atoms with Crippen LogP contribution in [0.15, 0.2) is 58.8 Å². The van der Waals surface area contributed by atoms with Gasteiger partial charge in [-0.2, -0.15) is 0 Å². The second kappa shape index (κ2) is 26.0. The molecule has 0 saturated carbocycles. The number of nitrogens with one attached hydrogen (secondary N) is 2. The Hall–Kier alpha value is -4.72. The molecule has 20 nitrogen and oxygen atoms in total. The van der Waals surface area contributed by atoms with E-state index >= 15 is 0 Å². The molecule has 22 heteroatoms. The smallest absolute Gasteiger partial charge is 0.434 e. The van der Waals surface area contributed by atoms with Crippen LogP contribution >= 0.6 is 0 Å². The maximum atomic E-state index is 12.2. The number of carbonyl (C=O) groups excluding carboxylic acids is 3. The van der Waals surface area contributed by atoms with Gasteiger partial charge >= 0.3 is 20.2 Å². The van der Waals surface area contributed by atoms with Crippen LogP contribution in [0.2, 0.25) is 0 Å². The molecular weight excluding hydrogens is 926 g/mol. The third-order valence-corrected chi connectivity index (χ3v) is 15.1. The number of aliphatic hydroxyl groups is 1. The first kappa shape index (κ1) is 59.8. The van der Waals surface area contributed by atoms with Gasteiger partial charge in [-0.25, -0.2) is 0 Å². The van der Waals surface area contributed by atoms with Crippen molar-refractivity contribution >= 4 is 42.9 Å². The van der Waals surface area contributed by atoms with Crippen LogP contribution in [0, 0.1) is 23.7 Å². The van der Waals surface area contributed by atoms with Crippen molar-refractivity contribution in [2.75, 3.05) is 13.1 Å². The molecule has 4 fully saturated rings. The molecule has 0 spiro atoms. The lowest BCUT2D eigenvalue weighted by atomic mass is 9.79. The SMILES string of the molecule is CC1(C)OB(c2ccc(CO)cc2)OC1(C)C.CCC1OC(OC(C)=O)C(NC(=O)CN=[N+]=[N-])C(C)C1C.CCC1OC(OCc2ccc(B3OC(C)(C)C(C)(C)O3)cc2)C(NC(=O)CN=[N+]=[N-])C(C)C1C. The quantitative estimate of drug-likeness (QED) is 0.0539. The molecule has 4 aliphatic heterocycles. The van der Waals surface area contributed by atoms with Gasteiger partial charge in [-0.3, -0.25) is 14.4 Å². The predicted octanol–water partition coefficient (Wildman–Crippen LogP) is 6.93. The van der Waals surface area contributed by atoms with Gasteiger partial charge in [-0.05, 0) is 125 Å². The molecule has 0 bridgehead atoms. The number of rotatable bonds is 15. The molecule has 396 valence electrons. The van der Waals surface area contributed by atoms with Crippen LogP contribution in [-0.2, 0) is 65.2 Å². The first-order valence-corrected chi connectivity index (χ1v) is 24.9. The largest absolute Gasteiger partial charge is 0.494 e. The first-order valence-electron chi connectivity index (χ1n) is 24.9. The summed E-state index contributed by atoms with van der Waals surface area (Å²) in [4.78, 5) is 40.4. The highest BCUT2D eigenvalue weighted by Crippen LogP contribution is 2.38. The molecule has 0 aromatic heterocycles. The van der Waals surface area contributed by atoms with Crippen molar-refractivity contribution in [1.29, 1.82) is 0 Å². The second-order valence-electron chi connectivity index (χ2n) is 21.0. The van der Waals surface area contributed by atoms with E-state index in [2.05, 4.69) is 51.5 Å². The Morgan fingerprint density at radius 2 is 0.986 bits per heavy atom. The van der Waals surface area contributed by atoms with Crippen molar-refractivity contribution in [2.45, 2.75) is 189 Å². The Kier molecular flexibility index (Phi) is 21.6. The fourth-order valence-corrected chi connectivity index (χ4v) is 8.67. The zero-order valence-electron chi connectivity index (χ0n) is 44.9. The van der Waals surface area contributed by atoms with E-state index in [-0.39, 0.29) is 97.0 Å². The van der Waals surface area contributed by atoms with Crippen molar-refractivity contribution in [1.82, 2.24) is 10.6 Å². The van der Waals surface area contributed by atoms with Gasteiger partial charge in [-0.15, -0.1) is 0 Å². The Bertz CT molecular complexity index is 2180. The summed E-state index contributed by atoms with van der Waals surface area (Å²) in [5.41, 5.74) is 19.1. The van der Waals surface area contributed by atoms with E-state index in [1.807, 2.05) is 125 Å². The van der Waals surface area contributed by atoms with E-state index in [1.165, 1.54) is 6.92 Å². The summed E-state index contributed by atoms with van der Waals surface area (Å²) in [5.74, 6) is -0.605. The lowest BCUT2D eigenvalue weighted by molar-refractivity contribution is -0.240. The maximum Gasteiger partial charge on any atom is 0.494 e. The van der Waals surface area contributed by atoms with Gasteiger partial charge in [0, 0.05) is 16.7 Å². The van der Waals surface area contributed by atoms with Gasteiger partial charge in [0.25, 0.3) is 0 Å². The number of ether oxygens (including phenoxy) is 4. The van der Waals surface area contributed by atoms with Crippen LogP contribution < -0.4 is 21.6 Å². The van der Waals surface area contributed by atoms with Gasteiger partial charge in [0.2, 0.25) is 18.1 Å². The van der Waals surface area contributed by atoms with E-state index < -0.39 is 37.6 Å². The average molecular weight is 1000 g/mol. The fraction of sp³-hybridized carbons (Fsp3) is 0.700. The zero-order chi connectivity index (χ0) is 53.8. The molecule has 10 atom stereocenters. The summed E-state index contributed by atoms with van der Waals surface area (Å²) in [6.07, 6.45) is 0.226. The molecule has 6 rings (SSSR count). The minimum absolute atomic E-state index is 0.0327. The lowest BCUT2D eigenvalue weighted by Crippen LogP contribution is -2.58. The van der Waals surface area contributed by atoms with E-state index in [1.54, 1.807) is 0 Å². The van der Waals surface area contributed by atoms with E-state index in [4.69, 9.17) is 53.7 Å². The number of hydrogen-bond donors (Lipinski definition) is 3. The van der Waals surface area contributed by atoms with Crippen molar-refractivity contribution in [2.24, 2.45) is 33.9 Å². The van der Waals surface area contributed by atoms with Gasteiger partial charge in [0.05, 0.1) is 59.9 Å². The fourth-order valence-electron chi connectivity index (χ4n) is 8.67. The van der Waals surface area contributed by atoms with Crippen LogP contribution in [0.5, 0.6) is 0 Å². The molecule has 10 unspecified atom stereocenters. The summed E-state index contributed by atoms with van der Waals surface area (Å²) >= 11 is 0. The highest BCUT2D eigenvalue weighted by molar-refractivity contribution is 6.62. The summed E-state index contributed by atoms with van der Waals surface area (Å²) in [6.45, 7) is 29.7. The predicted molar refractivity (Wildman–Crippen MR) is 273 cm³/mol. The van der Waals surface area contributed by atoms with Gasteiger partial charge in [0.15, 0.2) is 6.29 Å². The number of benzene rings is 2. The minimum atomic E-state index is -0.825. The lowest BCUT2D eigenvalue weighted by Gasteiger charge is -2.44. The van der Waals surface area contributed by atoms with Gasteiger partial charge in [-0.1, -0.05) is 100 Å². The van der Waals surface area contributed by atoms with E-state index in [9.17, 15) is 14.4 Å². The number of aliphatic hydroxyl groups excluding tert-OH is 1. The number of hydrogen-bond acceptors (Lipinski definition) is 14. The number of amides is 2. The molecule has 72 heavy (non-hydrogen) atoms. The van der Waals surface area contributed by atoms with Crippen LogP contribution in [-0.4, -0.2) is 109 Å². The third-order valence-electron chi connectivity index (χ3n) is 15.1. The Morgan fingerprint density at radius 1 is 0.625 bits per heavy atom. The monoisotopic (exact) mass is 1000 g/mol. The summed E-state index contributed by atoms with van der Waals surface area (Å²) in [5, 5.41) is 21.2. The molecule has 4 saturated heterocycles. The summed E-state index contributed by atoms with van der Waals surface area (Å²) in [7, 11) is -0.738. The van der Waals surface area contributed by atoms with Crippen LogP contribution in [0.25, 0.3) is 20.9 Å². The van der Waals surface area contributed by atoms with E-state index in [0.717, 1.165) is 34.9 Å². The van der Waals surface area contributed by atoms with E-state index in [0.29, 0.717) is 6.61 Å². The van der Waals surface area contributed by atoms with Crippen molar-refractivity contribution in [3.8, 4) is 0 Å². The normalized spacial score (nSPS) is 28.6. The zero-order valence-corrected chi connectivity index (χ0v) is 44.9. The highest BCUT2D eigenvalue weighted by atomic mass is 16.7. The topological polar surface area (TPSA) is 267 Å². The number of esters is 1. The number of carbonyl (C=O) groups is 3. The number of azide groups is 2. The van der Waals surface area contributed by atoms with Crippen molar-refractivity contribution in [3.05, 3.63) is 80.5 Å². The standard InChI is InChI=1S/C24H37BN4O5.C13H19BO3.C13H22N4O4/c1-8-19-15(2)16(3)21(28-20(30)13-27-29-26)22(32-19)31-14-17-9-11-18(12-10-17)25-33-23(4,5)24(6,7)34-25;1-12(2)13(3,4)17-14(16-12)11-7-5-10(9-15)6-8-11;1-5-10-7(2)8(3)12(13(21-10)20-9(4)18)16-11(19)6-15-17-14/h9-12,15-16,19,21-22H,8,13-14H2,1-7H3,(H,28,30);5-8,15H,9H2,1-4H3;7-8,10,12-13H,5-6H2,1-4H3,(H,16,19). The molecule has 0 aliphatic carbocycles. The van der Waals surface area contributed by atoms with Crippen molar-refractivity contribution in [3.63, 3.8) is 0 Å². The molecule has 4 aliphatic rings. The second-order valence-corrected chi connectivity index (χ2v) is 21.0. The molecule has 4 heterocycles. The van der Waals surface area contributed by atoms with Crippen LogP contribution in [0.1, 0.15) is 128 Å². The minimum Gasteiger partial charge on any atom is -0.434 e. The van der Waals surface area contributed by atoms with Gasteiger partial charge < -0.3 is 53.3 Å². The van der Waals surface area contributed by atoms with Crippen LogP contribution in [0.3, 0.4) is 0 Å². The molecule has 3 N–H and O–H groups in total. The maximum absolute atomic E-state index is 12.2. The third kappa shape index (κ3) is 15.4. The molecule has 2 aromatic rings. The van der Waals surface area contributed by atoms with Crippen molar-refractivity contribution < 1.29 is 57.1 Å². The Labute approximate surface area is 426 Å². The molecule has 2 aromatic carbocycles. The molecule has 0 radical (unpaired) electrons. The molecular formula is C50H78B2N8O12. The molecule has 2 amide bonds. The summed E-state index contributed by atoms with van der Waals surface area (Å²) < 4.78 is 47.5. The number of nitrogens with zero attached hydrogens (tertiary/aromatic N) is 6. The highest BCUT2D eigenvalue weighted by Gasteiger charge is 2.53. The summed E-state index contributed by atoms with van der Waals surface area (Å²) in [6, 6.07) is 14.8. The first-order chi connectivity index (χ1) is 33.7. The Morgan fingerprint density at radius 3 is 1.33 bits per heavy atom. The average Bonchev–Trinajstić information content (AvgIpc) is 3.70. The Balaban J connectivity index is 0.000000253. The van der Waals surface area contributed by atoms with Gasteiger partial charge in [0.1, 0.15) is 13.1 Å².